The first-order chi connectivity index (χ1) is 15.5. The molecule has 2 aromatic rings. The van der Waals surface area contributed by atoms with Gasteiger partial charge in [-0.25, -0.2) is 33.0 Å². The van der Waals surface area contributed by atoms with E-state index in [-0.39, 0.29) is 17.0 Å². The summed E-state index contributed by atoms with van der Waals surface area (Å²) in [6, 6.07) is 0. The largest absolute Gasteiger partial charge is 0.466 e. The number of nitrogens with two attached hydrogens (primary N) is 1. The Bertz CT molecular complexity index is 1030. The van der Waals surface area contributed by atoms with E-state index in [0.29, 0.717) is 0 Å². The molecule has 3 rings (SSSR count). The molecule has 2 aromatic heterocycles. The average Bonchev–Trinajstić information content (AvgIpc) is 3.11. The first-order valence-electron chi connectivity index (χ1n) is 8.10. The third-order valence-electron chi connectivity index (χ3n) is 3.24. The molecule has 4 atom stereocenters. The number of aliphatic hydroxyl groups excluding tert-OH is 2. The third-order valence-corrected chi connectivity index (χ3v) is 3.24. The molecule has 21 nitrogen and oxygen atoms in total. The second kappa shape index (κ2) is 12.6. The van der Waals surface area contributed by atoms with Gasteiger partial charge in [-0.15, -0.1) is 0 Å². The Hall–Kier alpha value is -1.55. The number of nitrogens with zero attached hydrogens (tertiary/aromatic N) is 4. The van der Waals surface area contributed by atoms with E-state index in [0.717, 1.165) is 17.2 Å². The van der Waals surface area contributed by atoms with Crippen LogP contribution in [0.15, 0.2) is 12.7 Å². The van der Waals surface area contributed by atoms with Crippen LogP contribution in [-0.4, -0.2) is 104 Å². The van der Waals surface area contributed by atoms with Crippen molar-refractivity contribution in [3.63, 3.8) is 0 Å². The molecule has 204 valence electrons. The molecule has 0 bridgehead atoms. The molecule has 1 aliphatic rings. The number of nitrogen functional groups attached to an aromatic ring is 1. The van der Waals surface area contributed by atoms with Crippen LogP contribution in [0, 0.1) is 0 Å². The van der Waals surface area contributed by atoms with Gasteiger partial charge in [-0.1, -0.05) is 0 Å². The predicted molar refractivity (Wildman–Crippen MR) is 106 cm³/mol. The van der Waals surface area contributed by atoms with Crippen LogP contribution in [0.25, 0.3) is 11.2 Å². The normalized spacial score (nSPS) is 24.4. The van der Waals surface area contributed by atoms with Crippen LogP contribution < -0.4 is 5.73 Å². The fourth-order valence-electron chi connectivity index (χ4n) is 2.19. The van der Waals surface area contributed by atoms with E-state index in [1.54, 1.807) is 0 Å². The fourth-order valence-corrected chi connectivity index (χ4v) is 2.19. The number of rotatable bonds is 2. The molecule has 0 aliphatic carbocycles. The van der Waals surface area contributed by atoms with Crippen LogP contribution >= 0.6 is 23.5 Å². The smallest absolute Gasteiger partial charge is 0.394 e. The summed E-state index contributed by atoms with van der Waals surface area (Å²) in [7, 11) is -13.9. The number of phosphoric acid groups is 3. The minimum absolute atomic E-state index is 0.0911. The maximum Gasteiger partial charge on any atom is 0.466 e. The molecule has 3 heterocycles. The minimum atomic E-state index is -4.64. The van der Waals surface area contributed by atoms with Gasteiger partial charge in [-0.05, 0) is 0 Å². The lowest BCUT2D eigenvalue weighted by atomic mass is 10.1. The highest BCUT2D eigenvalue weighted by Gasteiger charge is 2.57. The van der Waals surface area contributed by atoms with Crippen LogP contribution in [0.5, 0.6) is 0 Å². The summed E-state index contributed by atoms with van der Waals surface area (Å²) in [4.78, 5) is 76.2. The monoisotopic (exact) mass is 579 g/mol. The highest BCUT2D eigenvalue weighted by molar-refractivity contribution is 7.45. The van der Waals surface area contributed by atoms with Crippen LogP contribution in [-0.2, 0) is 18.4 Å². The van der Waals surface area contributed by atoms with Gasteiger partial charge in [0.05, 0.1) is 12.9 Å². The molecule has 0 amide bonds. The zero-order chi connectivity index (χ0) is 28.0. The number of anilines is 1. The van der Waals surface area contributed by atoms with Gasteiger partial charge in [-0.3, -0.25) is 4.57 Å². The van der Waals surface area contributed by atoms with Crippen molar-refractivity contribution in [1.29, 1.82) is 0 Å². The highest BCUT2D eigenvalue weighted by Crippen LogP contribution is 2.40. The summed E-state index contributed by atoms with van der Waals surface area (Å²) in [6.07, 6.45) is -2.44. The Balaban J connectivity index is 0.000000635. The first kappa shape index (κ1) is 33.4. The molecular weight excluding hydrogens is 558 g/mol. The van der Waals surface area contributed by atoms with E-state index < -0.39 is 54.4 Å². The first-order valence-corrected chi connectivity index (χ1v) is 12.8. The van der Waals surface area contributed by atoms with E-state index in [4.69, 9.17) is 73.3 Å². The van der Waals surface area contributed by atoms with E-state index >= 15 is 0 Å². The van der Waals surface area contributed by atoms with Gasteiger partial charge < -0.3 is 69.8 Å². The van der Waals surface area contributed by atoms with E-state index in [2.05, 4.69) is 15.0 Å². The van der Waals surface area contributed by atoms with Gasteiger partial charge in [0.1, 0.15) is 24.1 Å². The van der Waals surface area contributed by atoms with Crippen molar-refractivity contribution in [1.82, 2.24) is 19.5 Å². The Morgan fingerprint density at radius 2 is 1.40 bits per heavy atom. The SMILES string of the molecule is Nc1ncnc2c1ncn2[C@@H]1O[C@H](CO)[C@@H](O)[C@]1(O)F.O=P(O)(O)O.O=P(O)(O)O.O=P(O)(O)O. The second-order valence-electron chi connectivity index (χ2n) is 6.00. The molecule has 0 saturated carbocycles. The molecule has 1 aliphatic heterocycles. The molecule has 0 unspecified atom stereocenters. The molecule has 25 heteroatoms. The van der Waals surface area contributed by atoms with Gasteiger partial charge in [0.2, 0.25) is 0 Å². The second-order valence-corrected chi connectivity index (χ2v) is 9.08. The average molecular weight is 579 g/mol. The number of fused-ring (bicyclic) bond motifs is 1. The van der Waals surface area contributed by atoms with E-state index in [9.17, 15) is 14.6 Å². The molecular formula is C10H21FN5O16P3. The lowest BCUT2D eigenvalue weighted by molar-refractivity contribution is -0.195. The fraction of sp³-hybridized carbons (Fsp3) is 0.500. The molecule has 0 radical (unpaired) electrons. The van der Waals surface area contributed by atoms with Crippen molar-refractivity contribution >= 4 is 40.4 Å². The van der Waals surface area contributed by atoms with Crippen molar-refractivity contribution in [2.24, 2.45) is 0 Å². The number of alkyl halides is 1. The number of halogens is 1. The van der Waals surface area contributed by atoms with E-state index in [1.165, 1.54) is 0 Å². The molecule has 1 fully saturated rings. The van der Waals surface area contributed by atoms with Crippen LogP contribution in [0.2, 0.25) is 0 Å². The summed E-state index contributed by atoms with van der Waals surface area (Å²) >= 11 is 0. The summed E-state index contributed by atoms with van der Waals surface area (Å²) in [5, 5.41) is 28.4. The maximum atomic E-state index is 14.2. The molecule has 0 aromatic carbocycles. The molecule has 1 saturated heterocycles. The number of ether oxygens (including phenoxy) is 1. The lowest BCUT2D eigenvalue weighted by Gasteiger charge is -2.22. The zero-order valence-electron chi connectivity index (χ0n) is 16.7. The van der Waals surface area contributed by atoms with Crippen molar-refractivity contribution in [3.05, 3.63) is 12.7 Å². The zero-order valence-corrected chi connectivity index (χ0v) is 19.4. The number of hydrogen-bond acceptors (Lipinski definition) is 11. The van der Waals surface area contributed by atoms with Gasteiger partial charge >= 0.3 is 23.5 Å². The maximum absolute atomic E-state index is 14.2. The molecule has 14 N–H and O–H groups in total. The lowest BCUT2D eigenvalue weighted by Crippen LogP contribution is -2.43. The Morgan fingerprint density at radius 1 is 0.971 bits per heavy atom. The van der Waals surface area contributed by atoms with Crippen molar-refractivity contribution < 1.29 is 82.2 Å². The van der Waals surface area contributed by atoms with Gasteiger partial charge in [0, 0.05) is 0 Å². The van der Waals surface area contributed by atoms with Crippen molar-refractivity contribution in [2.45, 2.75) is 24.3 Å². The highest BCUT2D eigenvalue weighted by atomic mass is 31.2. The Labute approximate surface area is 192 Å². The topological polar surface area (TPSA) is 373 Å². The number of imidazole rings is 1. The summed E-state index contributed by atoms with van der Waals surface area (Å²) in [5.41, 5.74) is 5.96. The standard InChI is InChI=1S/C10H12FN5O4.3H3O4P/c11-10(19)6(18)4(1-17)20-9(10)16-3-15-5-7(12)13-2-14-8(5)16;3*1-5(2,3)4/h2-4,6,9,17-19H,1H2,(H2,12,13,14);3*(H3,1,2,3,4)/t4-,6-,9-,10-;;;/m1.../s1. The van der Waals surface area contributed by atoms with Gasteiger partial charge in [-0.2, -0.15) is 0 Å². The summed E-state index contributed by atoms with van der Waals surface area (Å²) in [6.45, 7) is -0.645. The Morgan fingerprint density at radius 3 is 1.77 bits per heavy atom. The van der Waals surface area contributed by atoms with Crippen LogP contribution in [0.1, 0.15) is 6.23 Å². The number of hydrogen-bond donors (Lipinski definition) is 13. The third kappa shape index (κ3) is 13.4. The van der Waals surface area contributed by atoms with Crippen molar-refractivity contribution in [2.75, 3.05) is 12.3 Å². The van der Waals surface area contributed by atoms with Crippen molar-refractivity contribution in [3.8, 4) is 0 Å². The van der Waals surface area contributed by atoms with Gasteiger partial charge in [0.15, 0.2) is 17.7 Å². The van der Waals surface area contributed by atoms with Crippen LogP contribution in [0.4, 0.5) is 10.2 Å². The summed E-state index contributed by atoms with van der Waals surface area (Å²) in [5.74, 6) is -3.01. The van der Waals surface area contributed by atoms with Crippen LogP contribution in [0.3, 0.4) is 0 Å². The Kier molecular flexibility index (Phi) is 12.1. The number of aromatic nitrogens is 4. The summed E-state index contributed by atoms with van der Waals surface area (Å²) < 4.78 is 47.1. The number of aliphatic hydroxyl groups is 3. The quantitative estimate of drug-likeness (QED) is 0.149. The predicted octanol–water partition coefficient (Wildman–Crippen LogP) is -4.47. The van der Waals surface area contributed by atoms with E-state index in [1.807, 2.05) is 0 Å². The molecule has 35 heavy (non-hydrogen) atoms. The van der Waals surface area contributed by atoms with Gasteiger partial charge in [0.25, 0.3) is 5.85 Å². The molecule has 0 spiro atoms. The minimum Gasteiger partial charge on any atom is -0.394 e.